The van der Waals surface area contributed by atoms with Gasteiger partial charge in [0, 0.05) is 57.7 Å². The number of amides is 1. The first-order valence-electron chi connectivity index (χ1n) is 17.4. The molecular weight excluding hydrogens is 637 g/mol. The van der Waals surface area contributed by atoms with Crippen LogP contribution in [0.5, 0.6) is 5.75 Å². The van der Waals surface area contributed by atoms with Crippen molar-refractivity contribution in [1.29, 1.82) is 0 Å². The number of piperazine rings is 1. The molecule has 2 aliphatic heterocycles. The minimum atomic E-state index is -0.508. The number of benzene rings is 2. The molecule has 10 heteroatoms. The summed E-state index contributed by atoms with van der Waals surface area (Å²) >= 11 is 12.5. The number of nitrogens with zero attached hydrogens (tertiary/aromatic N) is 2. The van der Waals surface area contributed by atoms with Crippen molar-refractivity contribution < 1.29 is 23.9 Å². The maximum atomic E-state index is 11.5. The van der Waals surface area contributed by atoms with Crippen molar-refractivity contribution in [3.8, 4) is 5.75 Å². The van der Waals surface area contributed by atoms with Gasteiger partial charge in [-0.1, -0.05) is 93.6 Å². The Kier molecular flexibility index (Phi) is 18.0. The molecule has 0 aromatic heterocycles. The number of nitrogens with one attached hydrogen (secondary N) is 1. The Morgan fingerprint density at radius 2 is 1.55 bits per heavy atom. The largest absolute Gasteiger partial charge is 0.494 e. The third-order valence-electron chi connectivity index (χ3n) is 8.50. The topological polar surface area (TPSA) is 88.2 Å². The van der Waals surface area contributed by atoms with E-state index in [4.69, 9.17) is 27.9 Å². The predicted octanol–water partition coefficient (Wildman–Crippen LogP) is 8.86. The van der Waals surface area contributed by atoms with Gasteiger partial charge in [-0.3, -0.25) is 19.3 Å². The Balaban J connectivity index is 0.000000303. The maximum absolute atomic E-state index is 11.5. The van der Waals surface area contributed by atoms with Crippen LogP contribution in [0.2, 0.25) is 10.0 Å². The monoisotopic (exact) mass is 689 g/mol. The molecule has 2 aromatic rings. The summed E-state index contributed by atoms with van der Waals surface area (Å²) in [7, 11) is 0. The summed E-state index contributed by atoms with van der Waals surface area (Å²) in [5, 5.41) is 4.18. The SMILES string of the molecule is CCCCCCCCCCCC(=O)OC(C)=O.O=C1CCc2ccc(OCCCCN3CCN(c4cccc(Cl)c4Cl)CC3)cc2N1. The lowest BCUT2D eigenvalue weighted by molar-refractivity contribution is -0.158. The van der Waals surface area contributed by atoms with Crippen molar-refractivity contribution in [1.82, 2.24) is 4.90 Å². The molecule has 4 rings (SSSR count). The van der Waals surface area contributed by atoms with Gasteiger partial charge in [-0.05, 0) is 56.0 Å². The van der Waals surface area contributed by atoms with Crippen LogP contribution in [0.25, 0.3) is 0 Å². The third kappa shape index (κ3) is 14.9. The van der Waals surface area contributed by atoms with E-state index in [1.165, 1.54) is 57.4 Å². The number of hydrogen-bond acceptors (Lipinski definition) is 7. The first-order valence-corrected chi connectivity index (χ1v) is 18.2. The molecule has 47 heavy (non-hydrogen) atoms. The van der Waals surface area contributed by atoms with Crippen LogP contribution >= 0.6 is 23.2 Å². The van der Waals surface area contributed by atoms with Gasteiger partial charge in [0.1, 0.15) is 5.75 Å². The van der Waals surface area contributed by atoms with Crippen molar-refractivity contribution in [2.75, 3.05) is 49.5 Å². The van der Waals surface area contributed by atoms with E-state index in [9.17, 15) is 14.4 Å². The van der Waals surface area contributed by atoms with Crippen LogP contribution in [0.3, 0.4) is 0 Å². The highest BCUT2D eigenvalue weighted by atomic mass is 35.5. The van der Waals surface area contributed by atoms with E-state index in [0.29, 0.717) is 29.5 Å². The quantitative estimate of drug-likeness (QED) is 0.101. The van der Waals surface area contributed by atoms with Gasteiger partial charge >= 0.3 is 11.9 Å². The Morgan fingerprint density at radius 3 is 2.26 bits per heavy atom. The van der Waals surface area contributed by atoms with Crippen LogP contribution in [-0.2, 0) is 25.5 Å². The number of ether oxygens (including phenoxy) is 2. The molecule has 2 aromatic carbocycles. The minimum Gasteiger partial charge on any atom is -0.494 e. The van der Waals surface area contributed by atoms with Crippen molar-refractivity contribution in [2.45, 2.75) is 104 Å². The summed E-state index contributed by atoms with van der Waals surface area (Å²) in [6, 6.07) is 11.8. The molecule has 0 unspecified atom stereocenters. The van der Waals surface area contributed by atoms with Crippen LogP contribution in [-0.4, -0.2) is 62.1 Å². The summed E-state index contributed by atoms with van der Waals surface area (Å²) in [6.45, 7) is 9.19. The molecule has 0 atom stereocenters. The van der Waals surface area contributed by atoms with Crippen LogP contribution < -0.4 is 15.0 Å². The van der Waals surface area contributed by atoms with Gasteiger partial charge in [0.05, 0.1) is 22.3 Å². The minimum absolute atomic E-state index is 0.0809. The average molecular weight is 691 g/mol. The number of hydrogen-bond donors (Lipinski definition) is 1. The molecule has 260 valence electrons. The summed E-state index contributed by atoms with van der Waals surface area (Å²) in [5.41, 5.74) is 3.10. The number of carbonyl (C=O) groups excluding carboxylic acids is 3. The maximum Gasteiger partial charge on any atom is 0.313 e. The van der Waals surface area contributed by atoms with Crippen LogP contribution in [0.4, 0.5) is 11.4 Å². The molecule has 1 amide bonds. The van der Waals surface area contributed by atoms with Crippen molar-refractivity contribution in [2.24, 2.45) is 0 Å². The van der Waals surface area contributed by atoms with E-state index >= 15 is 0 Å². The number of rotatable bonds is 17. The average Bonchev–Trinajstić information content (AvgIpc) is 3.05. The summed E-state index contributed by atoms with van der Waals surface area (Å²) in [5.74, 6) is 0.00622. The molecule has 2 heterocycles. The van der Waals surface area contributed by atoms with Crippen LogP contribution in [0, 0.1) is 0 Å². The third-order valence-corrected chi connectivity index (χ3v) is 9.31. The second-order valence-corrected chi connectivity index (χ2v) is 13.2. The van der Waals surface area contributed by atoms with Gasteiger partial charge in [0.15, 0.2) is 0 Å². The van der Waals surface area contributed by atoms with Crippen molar-refractivity contribution in [3.63, 3.8) is 0 Å². The lowest BCUT2D eigenvalue weighted by Crippen LogP contribution is -2.46. The predicted molar refractivity (Wildman–Crippen MR) is 192 cm³/mol. The zero-order valence-electron chi connectivity index (χ0n) is 28.3. The molecule has 0 saturated carbocycles. The number of aryl methyl sites for hydroxylation is 1. The molecule has 1 fully saturated rings. The smallest absolute Gasteiger partial charge is 0.313 e. The molecule has 2 aliphatic rings. The highest BCUT2D eigenvalue weighted by molar-refractivity contribution is 6.43. The highest BCUT2D eigenvalue weighted by Crippen LogP contribution is 2.33. The fourth-order valence-electron chi connectivity index (χ4n) is 5.81. The molecule has 0 spiro atoms. The zero-order chi connectivity index (χ0) is 33.9. The Labute approximate surface area is 291 Å². The fourth-order valence-corrected chi connectivity index (χ4v) is 6.22. The lowest BCUT2D eigenvalue weighted by Gasteiger charge is -2.36. The summed E-state index contributed by atoms with van der Waals surface area (Å²) in [6.07, 6.45) is 14.8. The Hall–Kier alpha value is -2.81. The fraction of sp³-hybridized carbons (Fsp3) is 0.595. The van der Waals surface area contributed by atoms with Crippen molar-refractivity contribution >= 4 is 52.4 Å². The van der Waals surface area contributed by atoms with Crippen LogP contribution in [0.1, 0.15) is 103 Å². The Morgan fingerprint density at radius 1 is 0.851 bits per heavy atom. The van der Waals surface area contributed by atoms with E-state index in [0.717, 1.165) is 82.0 Å². The second-order valence-electron chi connectivity index (χ2n) is 12.4. The van der Waals surface area contributed by atoms with Gasteiger partial charge in [-0.25, -0.2) is 0 Å². The van der Waals surface area contributed by atoms with Gasteiger partial charge in [0.25, 0.3) is 0 Å². The summed E-state index contributed by atoms with van der Waals surface area (Å²) in [4.78, 5) is 37.8. The number of unbranched alkanes of at least 4 members (excludes halogenated alkanes) is 9. The van der Waals surface area contributed by atoms with Gasteiger partial charge in [-0.2, -0.15) is 0 Å². The second kappa shape index (κ2) is 21.9. The van der Waals surface area contributed by atoms with Gasteiger partial charge in [-0.15, -0.1) is 0 Å². The standard InChI is InChI=1S/C23H27Cl2N3O2.C14H26O3/c24-19-4-3-5-21(23(19)25)28-13-11-27(12-14-28)10-1-2-15-30-18-8-6-17-7-9-22(29)26-20(17)16-18;1-3-4-5-6-7-8-9-10-11-12-14(16)17-13(2)15/h3-6,8,16H,1-2,7,9-15H2,(H,26,29);3-12H2,1-2H3. The lowest BCUT2D eigenvalue weighted by atomic mass is 10.0. The van der Waals surface area contributed by atoms with E-state index in [2.05, 4.69) is 32.8 Å². The Bertz CT molecular complexity index is 1270. The van der Waals surface area contributed by atoms with E-state index < -0.39 is 5.97 Å². The number of esters is 2. The number of halogens is 2. The summed E-state index contributed by atoms with van der Waals surface area (Å²) < 4.78 is 10.3. The zero-order valence-corrected chi connectivity index (χ0v) is 29.8. The first kappa shape index (κ1) is 38.6. The van der Waals surface area contributed by atoms with Crippen molar-refractivity contribution in [3.05, 3.63) is 52.0 Å². The normalized spacial score (nSPS) is 14.5. The molecule has 8 nitrogen and oxygen atoms in total. The molecule has 1 saturated heterocycles. The van der Waals surface area contributed by atoms with Gasteiger partial charge < -0.3 is 19.7 Å². The van der Waals surface area contributed by atoms with E-state index in [1.54, 1.807) is 0 Å². The van der Waals surface area contributed by atoms with Gasteiger partial charge in [0.2, 0.25) is 5.91 Å². The number of carbonyl (C=O) groups is 3. The highest BCUT2D eigenvalue weighted by Gasteiger charge is 2.19. The molecule has 1 N–H and O–H groups in total. The van der Waals surface area contributed by atoms with E-state index in [1.807, 2.05) is 30.3 Å². The molecule has 0 bridgehead atoms. The molecule has 0 aliphatic carbocycles. The molecular formula is C37H53Cl2N3O5. The number of fused-ring (bicyclic) bond motifs is 1. The van der Waals surface area contributed by atoms with E-state index in [-0.39, 0.29) is 11.9 Å². The van der Waals surface area contributed by atoms with Crippen LogP contribution in [0.15, 0.2) is 36.4 Å². The number of anilines is 2. The first-order chi connectivity index (χ1) is 22.8. The molecule has 0 radical (unpaired) electrons.